The molecule has 1 aliphatic carbocycles. The third-order valence-corrected chi connectivity index (χ3v) is 9.88. The van der Waals surface area contributed by atoms with E-state index in [1.165, 1.54) is 64.0 Å². The predicted molar refractivity (Wildman–Crippen MR) is 173 cm³/mol. The highest BCUT2D eigenvalue weighted by atomic mass is 16.5. The lowest BCUT2D eigenvalue weighted by Crippen LogP contribution is -2.52. The molecule has 3 aliphatic rings. The van der Waals surface area contributed by atoms with Crippen molar-refractivity contribution in [3.63, 3.8) is 0 Å². The summed E-state index contributed by atoms with van der Waals surface area (Å²) in [6.07, 6.45) is 8.83. The van der Waals surface area contributed by atoms with Gasteiger partial charge in [0.1, 0.15) is 22.6 Å². The summed E-state index contributed by atoms with van der Waals surface area (Å²) < 4.78 is 5.99. The largest absolute Gasteiger partial charge is 0.495 e. The van der Waals surface area contributed by atoms with Crippen LogP contribution in [0.1, 0.15) is 51.6 Å². The van der Waals surface area contributed by atoms with Crippen LogP contribution in [-0.4, -0.2) is 97.3 Å². The molecule has 2 aliphatic heterocycles. The van der Waals surface area contributed by atoms with Crippen LogP contribution in [0, 0.1) is 5.92 Å². The number of aryl methyl sites for hydroxylation is 1. The number of benzene rings is 1. The van der Waals surface area contributed by atoms with Crippen LogP contribution in [-0.2, 0) is 6.42 Å². The van der Waals surface area contributed by atoms with E-state index in [0.29, 0.717) is 18.0 Å². The Bertz CT molecular complexity index is 1380. The summed E-state index contributed by atoms with van der Waals surface area (Å²) in [5.41, 5.74) is 5.85. The lowest BCUT2D eigenvalue weighted by atomic mass is 10.00. The van der Waals surface area contributed by atoms with Gasteiger partial charge in [0, 0.05) is 70.2 Å². The second-order valence-electron chi connectivity index (χ2n) is 12.4. The minimum Gasteiger partial charge on any atom is -0.495 e. The molecule has 2 atom stereocenters. The van der Waals surface area contributed by atoms with E-state index in [9.17, 15) is 0 Å². The number of fused-ring (bicyclic) bond motifs is 1. The molecule has 9 heteroatoms. The fourth-order valence-electron chi connectivity index (χ4n) is 7.13. The first-order valence-corrected chi connectivity index (χ1v) is 16.0. The number of aromatic nitrogens is 3. The number of anilines is 3. The van der Waals surface area contributed by atoms with E-state index in [1.54, 1.807) is 7.11 Å². The first kappa shape index (κ1) is 28.9. The van der Waals surface area contributed by atoms with Crippen molar-refractivity contribution in [2.24, 2.45) is 5.92 Å². The van der Waals surface area contributed by atoms with Crippen LogP contribution in [0.15, 0.2) is 24.4 Å². The van der Waals surface area contributed by atoms with E-state index in [4.69, 9.17) is 19.7 Å². The molecular weight excluding hydrogens is 524 g/mol. The second kappa shape index (κ2) is 12.6. The average molecular weight is 573 g/mol. The number of hydrogen-bond donors (Lipinski definition) is 2. The van der Waals surface area contributed by atoms with Crippen LogP contribution >= 0.6 is 0 Å². The molecule has 0 amide bonds. The lowest BCUT2D eigenvalue weighted by molar-refractivity contribution is 0.0981. The molecule has 226 valence electrons. The number of hydrogen-bond acceptors (Lipinski definition) is 9. The summed E-state index contributed by atoms with van der Waals surface area (Å²) in [5, 5.41) is 7.00. The zero-order chi connectivity index (χ0) is 29.2. The van der Waals surface area contributed by atoms with Crippen molar-refractivity contribution in [2.75, 3.05) is 76.0 Å². The number of nitrogens with one attached hydrogen (secondary N) is 2. The number of likely N-dealkylation sites (N-methyl/N-ethyl adjacent to an activating group) is 1. The quantitative estimate of drug-likeness (QED) is 0.382. The zero-order valence-electron chi connectivity index (χ0n) is 26.1. The van der Waals surface area contributed by atoms with Gasteiger partial charge in [-0.05, 0) is 62.8 Å². The SMILES string of the molecule is CCc1nc2c(NC)ncc(-c3ccc(N4CCC(N5CCN(C)CC5)CC4)c(OC)c3)c2nc1NC1CCCC1C. The van der Waals surface area contributed by atoms with E-state index in [0.717, 1.165) is 64.7 Å². The molecule has 42 heavy (non-hydrogen) atoms. The van der Waals surface area contributed by atoms with Crippen LogP contribution in [0.5, 0.6) is 5.75 Å². The van der Waals surface area contributed by atoms with E-state index in [2.05, 4.69) is 64.4 Å². The Hall–Kier alpha value is -3.17. The summed E-state index contributed by atoms with van der Waals surface area (Å²) in [6, 6.07) is 7.69. The van der Waals surface area contributed by atoms with Crippen LogP contribution in [0.3, 0.4) is 0 Å². The molecule has 3 fully saturated rings. The molecule has 2 aromatic heterocycles. The van der Waals surface area contributed by atoms with Crippen LogP contribution < -0.4 is 20.3 Å². The summed E-state index contributed by atoms with van der Waals surface area (Å²) in [7, 11) is 5.90. The van der Waals surface area contributed by atoms with E-state index < -0.39 is 0 Å². The number of piperazine rings is 1. The molecule has 0 bridgehead atoms. The monoisotopic (exact) mass is 572 g/mol. The van der Waals surface area contributed by atoms with Gasteiger partial charge >= 0.3 is 0 Å². The topological polar surface area (TPSA) is 81.7 Å². The Morgan fingerprint density at radius 2 is 1.74 bits per heavy atom. The lowest BCUT2D eigenvalue weighted by Gasteiger charge is -2.42. The third-order valence-electron chi connectivity index (χ3n) is 9.88. The van der Waals surface area contributed by atoms with Crippen molar-refractivity contribution >= 4 is 28.4 Å². The number of rotatable bonds is 8. The first-order valence-electron chi connectivity index (χ1n) is 16.0. The fourth-order valence-corrected chi connectivity index (χ4v) is 7.13. The third kappa shape index (κ3) is 5.73. The average Bonchev–Trinajstić information content (AvgIpc) is 3.44. The zero-order valence-corrected chi connectivity index (χ0v) is 26.1. The highest BCUT2D eigenvalue weighted by Gasteiger charge is 2.29. The molecule has 2 unspecified atom stereocenters. The van der Waals surface area contributed by atoms with Gasteiger partial charge in [0.25, 0.3) is 0 Å². The summed E-state index contributed by atoms with van der Waals surface area (Å²) >= 11 is 0. The van der Waals surface area contributed by atoms with Gasteiger partial charge < -0.3 is 25.2 Å². The van der Waals surface area contributed by atoms with Crippen molar-refractivity contribution in [3.05, 3.63) is 30.1 Å². The molecule has 1 saturated carbocycles. The fraction of sp³-hybridized carbons (Fsp3) is 0.606. The Labute approximate surface area is 251 Å². The summed E-state index contributed by atoms with van der Waals surface area (Å²) in [6.45, 7) is 11.3. The second-order valence-corrected chi connectivity index (χ2v) is 12.4. The van der Waals surface area contributed by atoms with E-state index in [1.807, 2.05) is 13.2 Å². The molecule has 4 heterocycles. The van der Waals surface area contributed by atoms with Crippen molar-refractivity contribution in [1.29, 1.82) is 0 Å². The minimum atomic E-state index is 0.441. The highest BCUT2D eigenvalue weighted by Crippen LogP contribution is 2.38. The van der Waals surface area contributed by atoms with Crippen LogP contribution in [0.25, 0.3) is 22.2 Å². The molecule has 1 aromatic carbocycles. The smallest absolute Gasteiger partial charge is 0.153 e. The minimum absolute atomic E-state index is 0.441. The summed E-state index contributed by atoms with van der Waals surface area (Å²) in [5.74, 6) is 3.20. The van der Waals surface area contributed by atoms with Crippen LogP contribution in [0.4, 0.5) is 17.3 Å². The molecule has 0 radical (unpaired) electrons. The van der Waals surface area contributed by atoms with Gasteiger partial charge in [-0.3, -0.25) is 4.90 Å². The Morgan fingerprint density at radius 3 is 2.40 bits per heavy atom. The van der Waals surface area contributed by atoms with Crippen molar-refractivity contribution in [2.45, 2.75) is 64.5 Å². The van der Waals surface area contributed by atoms with Gasteiger partial charge in [-0.25, -0.2) is 15.0 Å². The Kier molecular flexibility index (Phi) is 8.67. The van der Waals surface area contributed by atoms with E-state index in [-0.39, 0.29) is 0 Å². The van der Waals surface area contributed by atoms with Crippen molar-refractivity contribution < 1.29 is 4.74 Å². The Balaban J connectivity index is 1.29. The number of ether oxygens (including phenoxy) is 1. The molecule has 2 saturated heterocycles. The molecule has 9 nitrogen and oxygen atoms in total. The number of nitrogens with zero attached hydrogens (tertiary/aromatic N) is 6. The van der Waals surface area contributed by atoms with Gasteiger partial charge in [0.05, 0.1) is 18.5 Å². The molecule has 6 rings (SSSR count). The van der Waals surface area contributed by atoms with Crippen LogP contribution in [0.2, 0.25) is 0 Å². The van der Waals surface area contributed by atoms with Gasteiger partial charge in [-0.15, -0.1) is 0 Å². The number of pyridine rings is 1. The summed E-state index contributed by atoms with van der Waals surface area (Å²) in [4.78, 5) is 22.7. The standard InChI is InChI=1S/C33H48N8O/c1-6-26-32(37-27-9-7-8-22(27)2)38-30-25(21-35-33(34-3)31(30)36-26)23-10-11-28(29(20-23)42-5)41-14-12-24(13-15-41)40-18-16-39(4)17-19-40/h10-11,20-22,24,27H,6-9,12-19H2,1-5H3,(H,34,35)(H,37,38). The first-order chi connectivity index (χ1) is 20.5. The molecule has 2 N–H and O–H groups in total. The van der Waals surface area contributed by atoms with Gasteiger partial charge in [0.2, 0.25) is 0 Å². The van der Waals surface area contributed by atoms with E-state index >= 15 is 0 Å². The van der Waals surface area contributed by atoms with Crippen molar-refractivity contribution in [3.8, 4) is 16.9 Å². The molecule has 3 aromatic rings. The maximum absolute atomic E-state index is 5.99. The predicted octanol–water partition coefficient (Wildman–Crippen LogP) is 5.12. The van der Waals surface area contributed by atoms with Gasteiger partial charge in [-0.1, -0.05) is 26.3 Å². The maximum Gasteiger partial charge on any atom is 0.153 e. The number of piperidine rings is 1. The normalized spacial score (nSPS) is 22.5. The molecule has 0 spiro atoms. The maximum atomic E-state index is 5.99. The van der Waals surface area contributed by atoms with Gasteiger partial charge in [0.15, 0.2) is 5.82 Å². The Morgan fingerprint density at radius 1 is 0.952 bits per heavy atom. The van der Waals surface area contributed by atoms with Crippen molar-refractivity contribution in [1.82, 2.24) is 24.8 Å². The van der Waals surface area contributed by atoms with Gasteiger partial charge in [-0.2, -0.15) is 0 Å². The molecular formula is C33H48N8O. The number of methoxy groups -OCH3 is 1. The highest BCUT2D eigenvalue weighted by molar-refractivity contribution is 5.98.